The van der Waals surface area contributed by atoms with Gasteiger partial charge in [0.1, 0.15) is 5.02 Å². The fourth-order valence-corrected chi connectivity index (χ4v) is 1.51. The van der Waals surface area contributed by atoms with Gasteiger partial charge in [-0.15, -0.1) is 0 Å². The summed E-state index contributed by atoms with van der Waals surface area (Å²) in [7, 11) is 0. The Balaban J connectivity index is 2.09. The van der Waals surface area contributed by atoms with E-state index in [1.165, 1.54) is 12.8 Å². The molecule has 0 amide bonds. The predicted molar refractivity (Wildman–Crippen MR) is 67.1 cm³/mol. The van der Waals surface area contributed by atoms with Crippen molar-refractivity contribution in [3.63, 3.8) is 0 Å². The summed E-state index contributed by atoms with van der Waals surface area (Å²) in [6.07, 6.45) is 5.03. The number of hydrogen-bond donors (Lipinski definition) is 2. The third kappa shape index (κ3) is 2.76. The standard InChI is InChI=1S/C11H17ClN4/c1-3-6-13-10-14-7-8(12)9(15-10)16-11(2)4-5-11/h7H,3-6H2,1-2H3,(H2,13,14,15,16). The molecule has 16 heavy (non-hydrogen) atoms. The minimum atomic E-state index is 0.181. The smallest absolute Gasteiger partial charge is 0.224 e. The number of halogens is 1. The van der Waals surface area contributed by atoms with Crippen LogP contribution >= 0.6 is 11.6 Å². The summed E-state index contributed by atoms with van der Waals surface area (Å²) < 4.78 is 0. The van der Waals surface area contributed by atoms with E-state index in [-0.39, 0.29) is 5.54 Å². The zero-order valence-electron chi connectivity index (χ0n) is 9.68. The fraction of sp³-hybridized carbons (Fsp3) is 0.636. The summed E-state index contributed by atoms with van der Waals surface area (Å²) in [5, 5.41) is 7.08. The van der Waals surface area contributed by atoms with Gasteiger partial charge in [-0.2, -0.15) is 4.98 Å². The molecule has 1 aliphatic carbocycles. The van der Waals surface area contributed by atoms with Crippen LogP contribution in [0.1, 0.15) is 33.1 Å². The summed E-state index contributed by atoms with van der Waals surface area (Å²) in [4.78, 5) is 8.50. The lowest BCUT2D eigenvalue weighted by atomic mass is 10.3. The van der Waals surface area contributed by atoms with Crippen molar-refractivity contribution in [3.05, 3.63) is 11.2 Å². The average molecular weight is 241 g/mol. The van der Waals surface area contributed by atoms with Gasteiger partial charge in [-0.1, -0.05) is 18.5 Å². The van der Waals surface area contributed by atoms with E-state index in [9.17, 15) is 0 Å². The van der Waals surface area contributed by atoms with E-state index in [1.807, 2.05) is 0 Å². The van der Waals surface area contributed by atoms with Crippen LogP contribution in [-0.4, -0.2) is 22.1 Å². The lowest BCUT2D eigenvalue weighted by Crippen LogP contribution is -2.18. The van der Waals surface area contributed by atoms with Crippen molar-refractivity contribution in [3.8, 4) is 0 Å². The van der Waals surface area contributed by atoms with Crippen molar-refractivity contribution in [1.29, 1.82) is 0 Å². The number of rotatable bonds is 5. The third-order valence-electron chi connectivity index (χ3n) is 2.70. The van der Waals surface area contributed by atoms with Gasteiger partial charge in [-0.3, -0.25) is 0 Å². The summed E-state index contributed by atoms with van der Waals surface area (Å²) in [6, 6.07) is 0. The van der Waals surface area contributed by atoms with Crippen molar-refractivity contribution in [1.82, 2.24) is 9.97 Å². The Kier molecular flexibility index (Phi) is 3.19. The molecule has 2 N–H and O–H groups in total. The highest BCUT2D eigenvalue weighted by Gasteiger charge is 2.37. The molecule has 1 aliphatic rings. The molecule has 0 bridgehead atoms. The molecule has 0 unspecified atom stereocenters. The Morgan fingerprint density at radius 1 is 1.50 bits per heavy atom. The number of anilines is 2. The maximum Gasteiger partial charge on any atom is 0.224 e. The second-order valence-corrected chi connectivity index (χ2v) is 4.91. The summed E-state index contributed by atoms with van der Waals surface area (Å²) in [5.74, 6) is 1.37. The van der Waals surface area contributed by atoms with E-state index >= 15 is 0 Å². The SMILES string of the molecule is CCCNc1ncc(Cl)c(NC2(C)CC2)n1. The van der Waals surface area contributed by atoms with Crippen LogP contribution in [0.5, 0.6) is 0 Å². The highest BCUT2D eigenvalue weighted by molar-refractivity contribution is 6.32. The van der Waals surface area contributed by atoms with Crippen LogP contribution in [0.15, 0.2) is 6.20 Å². The molecule has 1 saturated carbocycles. The molecule has 5 heteroatoms. The zero-order chi connectivity index (χ0) is 11.6. The van der Waals surface area contributed by atoms with Crippen molar-refractivity contribution in [2.45, 2.75) is 38.6 Å². The molecule has 0 aromatic carbocycles. The van der Waals surface area contributed by atoms with Gasteiger partial charge in [0.15, 0.2) is 5.82 Å². The van der Waals surface area contributed by atoms with Gasteiger partial charge >= 0.3 is 0 Å². The highest BCUT2D eigenvalue weighted by Crippen LogP contribution is 2.39. The molecule has 0 spiro atoms. The van der Waals surface area contributed by atoms with E-state index in [0.717, 1.165) is 18.8 Å². The first kappa shape index (κ1) is 11.5. The zero-order valence-corrected chi connectivity index (χ0v) is 10.4. The van der Waals surface area contributed by atoms with E-state index in [1.54, 1.807) is 6.20 Å². The quantitative estimate of drug-likeness (QED) is 0.831. The normalized spacial score (nSPS) is 16.9. The first-order valence-corrected chi connectivity index (χ1v) is 6.05. The molecule has 2 rings (SSSR count). The van der Waals surface area contributed by atoms with E-state index < -0.39 is 0 Å². The molecular weight excluding hydrogens is 224 g/mol. The van der Waals surface area contributed by atoms with Crippen LogP contribution in [0.2, 0.25) is 5.02 Å². The minimum Gasteiger partial charge on any atom is -0.364 e. The second kappa shape index (κ2) is 4.45. The molecule has 1 aromatic heterocycles. The van der Waals surface area contributed by atoms with Crippen LogP contribution in [0, 0.1) is 0 Å². The van der Waals surface area contributed by atoms with Gasteiger partial charge in [0, 0.05) is 12.1 Å². The Labute approximate surface area is 101 Å². The summed E-state index contributed by atoms with van der Waals surface area (Å²) in [6.45, 7) is 5.15. The van der Waals surface area contributed by atoms with Gasteiger partial charge in [0.25, 0.3) is 0 Å². The summed E-state index contributed by atoms with van der Waals surface area (Å²) in [5.41, 5.74) is 0.181. The number of hydrogen-bond acceptors (Lipinski definition) is 4. The van der Waals surface area contributed by atoms with Gasteiger partial charge in [0.2, 0.25) is 5.95 Å². The number of aromatic nitrogens is 2. The molecule has 0 radical (unpaired) electrons. The van der Waals surface area contributed by atoms with Gasteiger partial charge in [-0.25, -0.2) is 4.98 Å². The Morgan fingerprint density at radius 3 is 2.88 bits per heavy atom. The van der Waals surface area contributed by atoms with Crippen LogP contribution in [0.25, 0.3) is 0 Å². The molecule has 1 fully saturated rings. The first-order chi connectivity index (χ1) is 7.63. The molecule has 1 aromatic rings. The van der Waals surface area contributed by atoms with E-state index in [4.69, 9.17) is 11.6 Å². The molecule has 0 atom stereocenters. The Hall–Kier alpha value is -1.03. The van der Waals surface area contributed by atoms with Crippen LogP contribution in [-0.2, 0) is 0 Å². The van der Waals surface area contributed by atoms with Crippen molar-refractivity contribution in [2.24, 2.45) is 0 Å². The predicted octanol–water partition coefficient (Wildman–Crippen LogP) is 2.92. The molecule has 4 nitrogen and oxygen atoms in total. The number of nitrogens with zero attached hydrogens (tertiary/aromatic N) is 2. The summed E-state index contributed by atoms with van der Waals surface area (Å²) >= 11 is 6.05. The Bertz CT molecular complexity index is 376. The number of nitrogens with one attached hydrogen (secondary N) is 2. The Morgan fingerprint density at radius 2 is 2.25 bits per heavy atom. The van der Waals surface area contributed by atoms with Crippen molar-refractivity contribution in [2.75, 3.05) is 17.2 Å². The van der Waals surface area contributed by atoms with Crippen molar-refractivity contribution >= 4 is 23.4 Å². The fourth-order valence-electron chi connectivity index (χ4n) is 1.38. The minimum absolute atomic E-state index is 0.181. The van der Waals surface area contributed by atoms with Gasteiger partial charge in [-0.05, 0) is 26.2 Å². The lowest BCUT2D eigenvalue weighted by Gasteiger charge is -2.14. The maximum absolute atomic E-state index is 6.05. The highest BCUT2D eigenvalue weighted by atomic mass is 35.5. The van der Waals surface area contributed by atoms with Crippen LogP contribution in [0.4, 0.5) is 11.8 Å². The molecule has 0 aliphatic heterocycles. The molecule has 0 saturated heterocycles. The van der Waals surface area contributed by atoms with Gasteiger partial charge in [0.05, 0.1) is 6.20 Å². The average Bonchev–Trinajstić information content (AvgIpc) is 2.98. The molecular formula is C11H17ClN4. The third-order valence-corrected chi connectivity index (χ3v) is 2.97. The largest absolute Gasteiger partial charge is 0.364 e. The van der Waals surface area contributed by atoms with Gasteiger partial charge < -0.3 is 10.6 Å². The lowest BCUT2D eigenvalue weighted by molar-refractivity contribution is 0.819. The molecule has 1 heterocycles. The monoisotopic (exact) mass is 240 g/mol. The van der Waals surface area contributed by atoms with E-state index in [2.05, 4.69) is 34.4 Å². The topological polar surface area (TPSA) is 49.8 Å². The van der Waals surface area contributed by atoms with E-state index in [0.29, 0.717) is 11.0 Å². The van der Waals surface area contributed by atoms with Crippen LogP contribution < -0.4 is 10.6 Å². The van der Waals surface area contributed by atoms with Crippen molar-refractivity contribution < 1.29 is 0 Å². The maximum atomic E-state index is 6.05. The van der Waals surface area contributed by atoms with Crippen LogP contribution in [0.3, 0.4) is 0 Å². The molecule has 88 valence electrons. The first-order valence-electron chi connectivity index (χ1n) is 5.67. The second-order valence-electron chi connectivity index (χ2n) is 4.50.